The van der Waals surface area contributed by atoms with Crippen LogP contribution in [0.2, 0.25) is 0 Å². The highest BCUT2D eigenvalue weighted by Gasteiger charge is 2.21. The molecule has 0 aliphatic rings. The Balaban J connectivity index is 3.10. The monoisotopic (exact) mass is 281 g/mol. The summed E-state index contributed by atoms with van der Waals surface area (Å²) in [7, 11) is 5.72. The van der Waals surface area contributed by atoms with Crippen LogP contribution in [-0.4, -0.2) is 55.6 Å². The lowest BCUT2D eigenvalue weighted by Crippen LogP contribution is -2.33. The number of nitrogens with one attached hydrogen (secondary N) is 1. The van der Waals surface area contributed by atoms with E-state index in [0.717, 1.165) is 19.5 Å². The number of nitro groups is 1. The van der Waals surface area contributed by atoms with Gasteiger partial charge in [0.2, 0.25) is 5.82 Å². The van der Waals surface area contributed by atoms with Gasteiger partial charge in [0.15, 0.2) is 0 Å². The Bertz CT molecular complexity index is 450. The molecule has 0 atom stereocenters. The van der Waals surface area contributed by atoms with Gasteiger partial charge in [0.05, 0.1) is 4.92 Å². The number of hydrogen-bond donors (Lipinski definition) is 1. The average Bonchev–Trinajstić information content (AvgIpc) is 2.42. The lowest BCUT2D eigenvalue weighted by Gasteiger charge is -2.24. The maximum absolute atomic E-state index is 11.2. The first kappa shape index (κ1) is 16.2. The standard InChI is InChI=1S/C13H23N5O2/c1-5-8-17(10-9-16(3)4)13-11(18(19)20)6-7-12(14-2)15-13/h6-7H,5,8-10H2,1-4H3,(H,14,15). The highest BCUT2D eigenvalue weighted by atomic mass is 16.6. The maximum Gasteiger partial charge on any atom is 0.311 e. The van der Waals surface area contributed by atoms with E-state index in [4.69, 9.17) is 0 Å². The van der Waals surface area contributed by atoms with Gasteiger partial charge in [0, 0.05) is 32.7 Å². The van der Waals surface area contributed by atoms with Crippen LogP contribution in [0.25, 0.3) is 0 Å². The first-order chi connectivity index (χ1) is 9.49. The number of anilines is 2. The zero-order valence-corrected chi connectivity index (χ0v) is 12.6. The minimum atomic E-state index is -0.375. The van der Waals surface area contributed by atoms with Gasteiger partial charge in [0.1, 0.15) is 5.82 Å². The number of rotatable bonds is 8. The van der Waals surface area contributed by atoms with Crippen LogP contribution >= 0.6 is 0 Å². The number of likely N-dealkylation sites (N-methyl/N-ethyl adjacent to an activating group) is 1. The third kappa shape index (κ3) is 4.34. The van der Waals surface area contributed by atoms with Gasteiger partial charge in [-0.15, -0.1) is 0 Å². The molecule has 0 aliphatic carbocycles. The molecule has 0 aromatic carbocycles. The van der Waals surface area contributed by atoms with Crippen LogP contribution in [-0.2, 0) is 0 Å². The fourth-order valence-corrected chi connectivity index (χ4v) is 1.87. The Kier molecular flexibility index (Phi) is 6.17. The molecule has 1 aromatic heterocycles. The molecule has 1 heterocycles. The van der Waals surface area contributed by atoms with E-state index in [1.807, 2.05) is 19.0 Å². The van der Waals surface area contributed by atoms with Crippen LogP contribution in [0.5, 0.6) is 0 Å². The van der Waals surface area contributed by atoms with E-state index < -0.39 is 0 Å². The maximum atomic E-state index is 11.2. The van der Waals surface area contributed by atoms with Crippen LogP contribution in [0.15, 0.2) is 12.1 Å². The molecule has 0 fully saturated rings. The molecule has 1 rings (SSSR count). The summed E-state index contributed by atoms with van der Waals surface area (Å²) in [5, 5.41) is 14.1. The van der Waals surface area contributed by atoms with Gasteiger partial charge in [-0.3, -0.25) is 10.1 Å². The zero-order valence-electron chi connectivity index (χ0n) is 12.6. The van der Waals surface area contributed by atoms with E-state index >= 15 is 0 Å². The second-order valence-electron chi connectivity index (χ2n) is 4.84. The third-order valence-corrected chi connectivity index (χ3v) is 2.92. The van der Waals surface area contributed by atoms with Crippen molar-refractivity contribution in [3.05, 3.63) is 22.2 Å². The minimum Gasteiger partial charge on any atom is -0.373 e. The molecule has 0 saturated carbocycles. The lowest BCUT2D eigenvalue weighted by molar-refractivity contribution is -0.384. The van der Waals surface area contributed by atoms with Crippen LogP contribution in [0, 0.1) is 10.1 Å². The summed E-state index contributed by atoms with van der Waals surface area (Å²) < 4.78 is 0. The Morgan fingerprint density at radius 1 is 1.30 bits per heavy atom. The van der Waals surface area contributed by atoms with Gasteiger partial charge in [-0.05, 0) is 26.6 Å². The molecule has 1 N–H and O–H groups in total. The van der Waals surface area contributed by atoms with E-state index in [1.54, 1.807) is 13.1 Å². The number of pyridine rings is 1. The highest BCUT2D eigenvalue weighted by molar-refractivity contribution is 5.61. The van der Waals surface area contributed by atoms with E-state index in [1.165, 1.54) is 6.07 Å². The first-order valence-electron chi connectivity index (χ1n) is 6.72. The Morgan fingerprint density at radius 2 is 2.00 bits per heavy atom. The molecule has 0 aliphatic heterocycles. The summed E-state index contributed by atoms with van der Waals surface area (Å²) in [6, 6.07) is 3.13. The fourth-order valence-electron chi connectivity index (χ4n) is 1.87. The number of aromatic nitrogens is 1. The summed E-state index contributed by atoms with van der Waals surface area (Å²) in [4.78, 5) is 19.2. The highest BCUT2D eigenvalue weighted by Crippen LogP contribution is 2.27. The van der Waals surface area contributed by atoms with Crippen LogP contribution in [0.1, 0.15) is 13.3 Å². The molecule has 0 unspecified atom stereocenters. The summed E-state index contributed by atoms with van der Waals surface area (Å²) in [5.74, 6) is 1.07. The predicted octanol–water partition coefficient (Wildman–Crippen LogP) is 1.81. The smallest absolute Gasteiger partial charge is 0.311 e. The van der Waals surface area contributed by atoms with Crippen LogP contribution < -0.4 is 10.2 Å². The Morgan fingerprint density at radius 3 is 2.50 bits per heavy atom. The van der Waals surface area contributed by atoms with E-state index in [-0.39, 0.29) is 10.6 Å². The molecule has 7 heteroatoms. The van der Waals surface area contributed by atoms with Gasteiger partial charge in [0.25, 0.3) is 0 Å². The van der Waals surface area contributed by atoms with Crippen molar-refractivity contribution in [2.75, 3.05) is 51.0 Å². The average molecular weight is 281 g/mol. The van der Waals surface area contributed by atoms with E-state index in [2.05, 4.69) is 22.1 Å². The number of hydrogen-bond acceptors (Lipinski definition) is 6. The van der Waals surface area contributed by atoms with Crippen molar-refractivity contribution in [1.29, 1.82) is 0 Å². The van der Waals surface area contributed by atoms with Crippen molar-refractivity contribution in [2.45, 2.75) is 13.3 Å². The van der Waals surface area contributed by atoms with Crippen LogP contribution in [0.4, 0.5) is 17.3 Å². The quantitative estimate of drug-likeness (QED) is 0.578. The molecular formula is C13H23N5O2. The van der Waals surface area contributed by atoms with Gasteiger partial charge < -0.3 is 15.1 Å². The molecule has 20 heavy (non-hydrogen) atoms. The zero-order chi connectivity index (χ0) is 15.1. The third-order valence-electron chi connectivity index (χ3n) is 2.92. The molecule has 7 nitrogen and oxygen atoms in total. The molecule has 0 saturated heterocycles. The molecular weight excluding hydrogens is 258 g/mol. The first-order valence-corrected chi connectivity index (χ1v) is 6.72. The van der Waals surface area contributed by atoms with Gasteiger partial charge in [-0.2, -0.15) is 0 Å². The topological polar surface area (TPSA) is 74.5 Å². The normalized spacial score (nSPS) is 10.7. The fraction of sp³-hybridized carbons (Fsp3) is 0.615. The molecule has 0 bridgehead atoms. The Hall–Kier alpha value is -1.89. The molecule has 0 radical (unpaired) electrons. The SMILES string of the molecule is CCCN(CCN(C)C)c1nc(NC)ccc1[N+](=O)[O-]. The second-order valence-corrected chi connectivity index (χ2v) is 4.84. The van der Waals surface area contributed by atoms with Crippen molar-refractivity contribution in [1.82, 2.24) is 9.88 Å². The lowest BCUT2D eigenvalue weighted by atomic mass is 10.3. The van der Waals surface area contributed by atoms with Crippen molar-refractivity contribution >= 4 is 17.3 Å². The molecule has 112 valence electrons. The van der Waals surface area contributed by atoms with Crippen molar-refractivity contribution in [3.63, 3.8) is 0 Å². The van der Waals surface area contributed by atoms with Crippen molar-refractivity contribution in [3.8, 4) is 0 Å². The number of nitrogens with zero attached hydrogens (tertiary/aromatic N) is 4. The van der Waals surface area contributed by atoms with Gasteiger partial charge in [-0.25, -0.2) is 4.98 Å². The minimum absolute atomic E-state index is 0.0520. The van der Waals surface area contributed by atoms with Crippen molar-refractivity contribution < 1.29 is 4.92 Å². The van der Waals surface area contributed by atoms with E-state index in [0.29, 0.717) is 18.2 Å². The predicted molar refractivity (Wildman–Crippen MR) is 81.5 cm³/mol. The largest absolute Gasteiger partial charge is 0.373 e. The summed E-state index contributed by atoms with van der Waals surface area (Å²) in [5.41, 5.74) is 0.0520. The van der Waals surface area contributed by atoms with Crippen molar-refractivity contribution in [2.24, 2.45) is 0 Å². The van der Waals surface area contributed by atoms with E-state index in [9.17, 15) is 10.1 Å². The molecule has 0 amide bonds. The Labute approximate surface area is 119 Å². The summed E-state index contributed by atoms with van der Waals surface area (Å²) in [6.07, 6.45) is 0.913. The van der Waals surface area contributed by atoms with Crippen LogP contribution in [0.3, 0.4) is 0 Å². The second kappa shape index (κ2) is 7.64. The molecule has 1 aromatic rings. The summed E-state index contributed by atoms with van der Waals surface area (Å²) in [6.45, 7) is 4.33. The van der Waals surface area contributed by atoms with Gasteiger partial charge >= 0.3 is 5.69 Å². The molecule has 0 spiro atoms. The van der Waals surface area contributed by atoms with Gasteiger partial charge in [-0.1, -0.05) is 6.92 Å². The summed E-state index contributed by atoms with van der Waals surface area (Å²) >= 11 is 0.